The fourth-order valence-corrected chi connectivity index (χ4v) is 5.39. The minimum atomic E-state index is -3.99. The van der Waals surface area contributed by atoms with Gasteiger partial charge in [-0.25, -0.2) is 27.8 Å². The zero-order chi connectivity index (χ0) is 27.2. The zero-order valence-corrected chi connectivity index (χ0v) is 22.8. The van der Waals surface area contributed by atoms with E-state index in [1.54, 1.807) is 54.7 Å². The van der Waals surface area contributed by atoms with Crippen LogP contribution in [0.1, 0.15) is 18.4 Å². The molecule has 1 aliphatic heterocycles. The van der Waals surface area contributed by atoms with Crippen molar-refractivity contribution in [1.29, 1.82) is 0 Å². The molecular weight excluding hydrogens is 562 g/mol. The molecule has 0 amide bonds. The van der Waals surface area contributed by atoms with Gasteiger partial charge in [-0.2, -0.15) is 4.39 Å². The number of ether oxygens (including phenoxy) is 1. The summed E-state index contributed by atoms with van der Waals surface area (Å²) in [7, 11) is -3.99. The van der Waals surface area contributed by atoms with Gasteiger partial charge in [0.25, 0.3) is 0 Å². The average molecular weight is 589 g/mol. The van der Waals surface area contributed by atoms with Crippen LogP contribution in [-0.2, 0) is 15.8 Å². The fourth-order valence-electron chi connectivity index (χ4n) is 4.19. The summed E-state index contributed by atoms with van der Waals surface area (Å²) in [5, 5.41) is 6.63. The van der Waals surface area contributed by atoms with Crippen LogP contribution in [0.5, 0.6) is 11.6 Å². The number of nitrogens with zero attached hydrogens (tertiary/aromatic N) is 3. The van der Waals surface area contributed by atoms with Crippen LogP contribution in [0.3, 0.4) is 0 Å². The van der Waals surface area contributed by atoms with Crippen LogP contribution in [0.4, 0.5) is 20.4 Å². The second-order valence-electron chi connectivity index (χ2n) is 9.00. The van der Waals surface area contributed by atoms with Crippen molar-refractivity contribution >= 4 is 34.1 Å². The highest BCUT2D eigenvalue weighted by Gasteiger charge is 2.21. The molecule has 0 bridgehead atoms. The molecule has 2 aromatic carbocycles. The van der Waals surface area contributed by atoms with Crippen molar-refractivity contribution in [3.05, 3.63) is 90.3 Å². The predicted molar refractivity (Wildman–Crippen MR) is 151 cm³/mol. The molecule has 3 N–H and O–H groups in total. The van der Waals surface area contributed by atoms with Crippen molar-refractivity contribution in [2.45, 2.75) is 24.6 Å². The molecule has 1 aliphatic rings. The standard InChI is InChI=1S/C27H26F2N6O3S.ClH/c28-24-22(35-39(36,37)17-18-6-2-1-3-7-18)10-11-23(25(24)29)38-26-20(9-5-14-31-26)21-12-15-32-27(34-21)33-19-8-4-13-30-16-19;/h1-3,5-7,9-12,14-15,19,30,35H,4,8,13,16-17H2,(H,32,33,34);1H. The van der Waals surface area contributed by atoms with E-state index < -0.39 is 38.8 Å². The van der Waals surface area contributed by atoms with E-state index in [0.29, 0.717) is 22.8 Å². The Morgan fingerprint density at radius 3 is 2.58 bits per heavy atom. The van der Waals surface area contributed by atoms with E-state index >= 15 is 4.39 Å². The average Bonchev–Trinajstić information content (AvgIpc) is 2.94. The summed E-state index contributed by atoms with van der Waals surface area (Å²) in [6.45, 7) is 1.78. The van der Waals surface area contributed by atoms with Gasteiger partial charge in [0.05, 0.1) is 22.7 Å². The zero-order valence-electron chi connectivity index (χ0n) is 21.2. The lowest BCUT2D eigenvalue weighted by atomic mass is 10.1. The smallest absolute Gasteiger partial charge is 0.237 e. The SMILES string of the molecule is Cl.O=S(=O)(Cc1ccccc1)Nc1ccc(Oc2ncccc2-c2ccnc(NC3CCCNC3)n2)c(F)c1F. The van der Waals surface area contributed by atoms with E-state index in [1.807, 2.05) is 0 Å². The van der Waals surface area contributed by atoms with Gasteiger partial charge in [-0.1, -0.05) is 30.3 Å². The first-order chi connectivity index (χ1) is 18.9. The molecule has 0 radical (unpaired) electrons. The molecule has 13 heteroatoms. The first-order valence-electron chi connectivity index (χ1n) is 12.3. The van der Waals surface area contributed by atoms with Crippen LogP contribution in [0.25, 0.3) is 11.3 Å². The fraction of sp³-hybridized carbons (Fsp3) is 0.222. The van der Waals surface area contributed by atoms with Crippen molar-refractivity contribution in [3.63, 3.8) is 0 Å². The Labute approximate surface area is 236 Å². The first-order valence-corrected chi connectivity index (χ1v) is 14.0. The number of pyridine rings is 1. The number of halogens is 3. The Kier molecular flexibility index (Phi) is 9.46. The number of anilines is 2. The third-order valence-corrected chi connectivity index (χ3v) is 7.30. The Morgan fingerprint density at radius 1 is 0.975 bits per heavy atom. The van der Waals surface area contributed by atoms with Gasteiger partial charge in [0.15, 0.2) is 11.6 Å². The van der Waals surface area contributed by atoms with Gasteiger partial charge >= 0.3 is 0 Å². The molecule has 1 fully saturated rings. The maximum atomic E-state index is 15.0. The van der Waals surface area contributed by atoms with Crippen LogP contribution in [0, 0.1) is 11.6 Å². The van der Waals surface area contributed by atoms with E-state index in [9.17, 15) is 12.8 Å². The lowest BCUT2D eigenvalue weighted by molar-refractivity contribution is 0.407. The second kappa shape index (κ2) is 13.0. The number of rotatable bonds is 9. The maximum absolute atomic E-state index is 15.0. The first kappa shape index (κ1) is 29.1. The molecular formula is C27H27ClF2N6O3S. The summed E-state index contributed by atoms with van der Waals surface area (Å²) in [5.41, 5.74) is 0.899. The highest BCUT2D eigenvalue weighted by molar-refractivity contribution is 7.91. The summed E-state index contributed by atoms with van der Waals surface area (Å²) in [6.07, 6.45) is 5.08. The number of benzene rings is 2. The lowest BCUT2D eigenvalue weighted by Gasteiger charge is -2.23. The molecule has 4 aromatic rings. The highest BCUT2D eigenvalue weighted by atomic mass is 35.5. The maximum Gasteiger partial charge on any atom is 0.237 e. The number of piperidine rings is 1. The highest BCUT2D eigenvalue weighted by Crippen LogP contribution is 2.34. The normalized spacial score (nSPS) is 15.1. The molecule has 3 heterocycles. The lowest BCUT2D eigenvalue weighted by Crippen LogP contribution is -2.38. The number of aromatic nitrogens is 3. The Balaban J connectivity index is 0.00000370. The molecule has 0 aliphatic carbocycles. The minimum absolute atomic E-state index is 0. The van der Waals surface area contributed by atoms with Crippen LogP contribution < -0.4 is 20.1 Å². The predicted octanol–water partition coefficient (Wildman–Crippen LogP) is 5.14. The molecule has 9 nitrogen and oxygen atoms in total. The summed E-state index contributed by atoms with van der Waals surface area (Å²) in [6, 6.07) is 15.8. The van der Waals surface area contributed by atoms with E-state index in [1.165, 1.54) is 6.20 Å². The third kappa shape index (κ3) is 7.20. The number of sulfonamides is 1. The third-order valence-electron chi connectivity index (χ3n) is 6.05. The van der Waals surface area contributed by atoms with Gasteiger partial charge < -0.3 is 15.4 Å². The van der Waals surface area contributed by atoms with Crippen molar-refractivity contribution in [1.82, 2.24) is 20.3 Å². The Hall–Kier alpha value is -3.87. The van der Waals surface area contributed by atoms with Gasteiger partial charge in [-0.05, 0) is 55.3 Å². The van der Waals surface area contributed by atoms with Gasteiger partial charge in [0.2, 0.25) is 27.7 Å². The Morgan fingerprint density at radius 2 is 1.80 bits per heavy atom. The molecule has 40 heavy (non-hydrogen) atoms. The molecule has 1 unspecified atom stereocenters. The largest absolute Gasteiger partial charge is 0.435 e. The van der Waals surface area contributed by atoms with Crippen LogP contribution in [0.15, 0.2) is 73.1 Å². The molecule has 210 valence electrons. The van der Waals surface area contributed by atoms with Gasteiger partial charge in [-0.15, -0.1) is 12.4 Å². The molecule has 1 atom stereocenters. The topological polar surface area (TPSA) is 118 Å². The molecule has 0 spiro atoms. The molecule has 5 rings (SSSR count). The molecule has 1 saturated heterocycles. The van der Waals surface area contributed by atoms with Crippen LogP contribution in [0.2, 0.25) is 0 Å². The van der Waals surface area contributed by atoms with Crippen molar-refractivity contribution in [2.75, 3.05) is 23.1 Å². The van der Waals surface area contributed by atoms with Crippen molar-refractivity contribution in [2.24, 2.45) is 0 Å². The van der Waals surface area contributed by atoms with E-state index in [-0.39, 0.29) is 24.3 Å². The summed E-state index contributed by atoms with van der Waals surface area (Å²) in [4.78, 5) is 13.0. The summed E-state index contributed by atoms with van der Waals surface area (Å²) < 4.78 is 62.7. The molecule has 0 saturated carbocycles. The summed E-state index contributed by atoms with van der Waals surface area (Å²) in [5.74, 6) is -3.17. The number of hydrogen-bond donors (Lipinski definition) is 3. The van der Waals surface area contributed by atoms with Crippen LogP contribution >= 0.6 is 12.4 Å². The number of nitrogens with one attached hydrogen (secondary N) is 3. The summed E-state index contributed by atoms with van der Waals surface area (Å²) >= 11 is 0. The quantitative estimate of drug-likeness (QED) is 0.246. The van der Waals surface area contributed by atoms with E-state index in [0.717, 1.165) is 38.1 Å². The van der Waals surface area contributed by atoms with Gasteiger partial charge in [0.1, 0.15) is 0 Å². The second-order valence-corrected chi connectivity index (χ2v) is 10.7. The van der Waals surface area contributed by atoms with E-state index in [2.05, 4.69) is 30.3 Å². The van der Waals surface area contributed by atoms with E-state index in [4.69, 9.17) is 4.74 Å². The van der Waals surface area contributed by atoms with Crippen molar-refractivity contribution in [3.8, 4) is 22.9 Å². The Bertz CT molecular complexity index is 1560. The monoisotopic (exact) mass is 588 g/mol. The van der Waals surface area contributed by atoms with Crippen LogP contribution in [-0.4, -0.2) is 42.5 Å². The molecule has 2 aromatic heterocycles. The van der Waals surface area contributed by atoms with Crippen molar-refractivity contribution < 1.29 is 21.9 Å². The van der Waals surface area contributed by atoms with Gasteiger partial charge in [-0.3, -0.25) is 4.72 Å². The van der Waals surface area contributed by atoms with Gasteiger partial charge in [0, 0.05) is 25.0 Å². The minimum Gasteiger partial charge on any atom is -0.435 e. The number of hydrogen-bond acceptors (Lipinski definition) is 8.